The largest absolute Gasteiger partial charge is 0.185 e. The molecule has 0 bridgehead atoms. The summed E-state index contributed by atoms with van der Waals surface area (Å²) < 4.78 is 0.285. The van der Waals surface area contributed by atoms with E-state index in [1.807, 2.05) is 0 Å². The molecule has 1 aliphatic carbocycles. The van der Waals surface area contributed by atoms with E-state index in [1.165, 1.54) is 43.9 Å². The van der Waals surface area contributed by atoms with E-state index in [0.29, 0.717) is 0 Å². The molecular weight excluding hydrogens is 142 g/mol. The second-order valence-electron chi connectivity index (χ2n) is 3.20. The average Bonchev–Trinajstić information content (AvgIpc) is 1.89. The van der Waals surface area contributed by atoms with Crippen molar-refractivity contribution in [3.8, 4) is 5.40 Å². The zero-order valence-electron chi connectivity index (χ0n) is 6.39. The van der Waals surface area contributed by atoms with Gasteiger partial charge in [0.1, 0.15) is 5.40 Å². The van der Waals surface area contributed by atoms with E-state index in [1.54, 1.807) is 0 Å². The van der Waals surface area contributed by atoms with Crippen molar-refractivity contribution in [3.63, 3.8) is 0 Å². The first-order valence-corrected chi connectivity index (χ1v) is 4.66. The molecule has 0 aromatic carbocycles. The Hall–Kier alpha value is -0.160. The third-order valence-electron chi connectivity index (χ3n) is 2.20. The summed E-state index contributed by atoms with van der Waals surface area (Å²) in [6.07, 6.45) is 6.44. The predicted octanol–water partition coefficient (Wildman–Crippen LogP) is 2.92. The van der Waals surface area contributed by atoms with Crippen LogP contribution in [0.25, 0.3) is 0 Å². The lowest BCUT2D eigenvalue weighted by Crippen LogP contribution is -2.22. The Labute approximate surface area is 66.8 Å². The standard InChI is InChI=1S/C8H13NS/c1-8(10-7-9)5-3-2-4-6-8/h2-6H2,1H3. The summed E-state index contributed by atoms with van der Waals surface area (Å²) in [5.74, 6) is 0. The molecule has 0 saturated heterocycles. The number of rotatable bonds is 1. The molecule has 1 saturated carbocycles. The van der Waals surface area contributed by atoms with Gasteiger partial charge in [0.2, 0.25) is 0 Å². The van der Waals surface area contributed by atoms with Crippen molar-refractivity contribution in [1.82, 2.24) is 0 Å². The third kappa shape index (κ3) is 1.91. The highest BCUT2D eigenvalue weighted by Crippen LogP contribution is 2.38. The second kappa shape index (κ2) is 3.30. The molecule has 56 valence electrons. The van der Waals surface area contributed by atoms with E-state index in [0.717, 1.165) is 0 Å². The minimum absolute atomic E-state index is 0.285. The van der Waals surface area contributed by atoms with Gasteiger partial charge in [0, 0.05) is 4.75 Å². The lowest BCUT2D eigenvalue weighted by molar-refractivity contribution is 0.423. The summed E-state index contributed by atoms with van der Waals surface area (Å²) in [6.45, 7) is 2.21. The Kier molecular flexibility index (Phi) is 2.62. The van der Waals surface area contributed by atoms with Crippen LogP contribution in [0.2, 0.25) is 0 Å². The van der Waals surface area contributed by atoms with Crippen LogP contribution in [0.15, 0.2) is 0 Å². The van der Waals surface area contributed by atoms with Gasteiger partial charge in [0.15, 0.2) is 0 Å². The first-order chi connectivity index (χ1) is 4.77. The number of nitrogens with zero attached hydrogens (tertiary/aromatic N) is 1. The first kappa shape index (κ1) is 7.94. The second-order valence-corrected chi connectivity index (χ2v) is 4.58. The highest BCUT2D eigenvalue weighted by Gasteiger charge is 2.27. The molecule has 1 fully saturated rings. The molecule has 0 spiro atoms. The Morgan fingerprint density at radius 3 is 2.40 bits per heavy atom. The lowest BCUT2D eigenvalue weighted by atomic mass is 9.90. The highest BCUT2D eigenvalue weighted by molar-refractivity contribution is 8.05. The maximum atomic E-state index is 8.50. The number of hydrogen-bond acceptors (Lipinski definition) is 2. The quantitative estimate of drug-likeness (QED) is 0.544. The summed E-state index contributed by atoms with van der Waals surface area (Å²) in [5.41, 5.74) is 0. The topological polar surface area (TPSA) is 23.8 Å². The smallest absolute Gasteiger partial charge is 0.133 e. The van der Waals surface area contributed by atoms with Gasteiger partial charge in [-0.25, -0.2) is 0 Å². The van der Waals surface area contributed by atoms with Crippen LogP contribution in [-0.2, 0) is 0 Å². The van der Waals surface area contributed by atoms with E-state index in [-0.39, 0.29) is 4.75 Å². The molecule has 0 radical (unpaired) electrons. The summed E-state index contributed by atoms with van der Waals surface area (Å²) >= 11 is 1.46. The van der Waals surface area contributed by atoms with Gasteiger partial charge in [-0.2, -0.15) is 5.26 Å². The van der Waals surface area contributed by atoms with E-state index < -0.39 is 0 Å². The maximum Gasteiger partial charge on any atom is 0.133 e. The Bertz CT molecular complexity index is 142. The van der Waals surface area contributed by atoms with Crippen LogP contribution in [0.4, 0.5) is 0 Å². The SMILES string of the molecule is CC1(SC#N)CCCCC1. The first-order valence-electron chi connectivity index (χ1n) is 3.84. The molecular formula is C8H13NS. The summed E-state index contributed by atoms with van der Waals surface area (Å²) in [6, 6.07) is 0. The van der Waals surface area contributed by atoms with E-state index >= 15 is 0 Å². The van der Waals surface area contributed by atoms with Gasteiger partial charge in [-0.05, 0) is 31.5 Å². The van der Waals surface area contributed by atoms with Crippen molar-refractivity contribution in [2.24, 2.45) is 0 Å². The molecule has 1 rings (SSSR count). The minimum atomic E-state index is 0.285. The zero-order chi connectivity index (χ0) is 7.45. The molecule has 2 heteroatoms. The fourth-order valence-electron chi connectivity index (χ4n) is 1.51. The number of thioether (sulfide) groups is 1. The van der Waals surface area contributed by atoms with Gasteiger partial charge in [0.05, 0.1) is 0 Å². The molecule has 10 heavy (non-hydrogen) atoms. The molecule has 1 aliphatic rings. The molecule has 0 heterocycles. The number of nitriles is 1. The Morgan fingerprint density at radius 1 is 1.30 bits per heavy atom. The Balaban J connectivity index is 2.42. The van der Waals surface area contributed by atoms with Crippen LogP contribution < -0.4 is 0 Å². The Morgan fingerprint density at radius 2 is 1.90 bits per heavy atom. The van der Waals surface area contributed by atoms with Crippen molar-refractivity contribution >= 4 is 11.8 Å². The van der Waals surface area contributed by atoms with Crippen LogP contribution in [0.3, 0.4) is 0 Å². The molecule has 0 aromatic heterocycles. The van der Waals surface area contributed by atoms with Gasteiger partial charge in [0.25, 0.3) is 0 Å². The van der Waals surface area contributed by atoms with Gasteiger partial charge in [-0.1, -0.05) is 19.3 Å². The van der Waals surface area contributed by atoms with Crippen LogP contribution in [0.1, 0.15) is 39.0 Å². The van der Waals surface area contributed by atoms with Crippen molar-refractivity contribution in [2.45, 2.75) is 43.8 Å². The van der Waals surface area contributed by atoms with Gasteiger partial charge in [-0.15, -0.1) is 0 Å². The van der Waals surface area contributed by atoms with Crippen molar-refractivity contribution in [3.05, 3.63) is 0 Å². The van der Waals surface area contributed by atoms with Gasteiger partial charge in [-0.3, -0.25) is 0 Å². The van der Waals surface area contributed by atoms with Crippen LogP contribution in [0, 0.1) is 10.7 Å². The molecule has 0 aromatic rings. The predicted molar refractivity (Wildman–Crippen MR) is 44.7 cm³/mol. The molecule has 1 nitrogen and oxygen atoms in total. The fourth-order valence-corrected chi connectivity index (χ4v) is 2.23. The van der Waals surface area contributed by atoms with E-state index in [9.17, 15) is 0 Å². The number of thiocyanates is 1. The van der Waals surface area contributed by atoms with Crippen LogP contribution >= 0.6 is 11.8 Å². The number of hydrogen-bond donors (Lipinski definition) is 0. The van der Waals surface area contributed by atoms with Gasteiger partial charge >= 0.3 is 0 Å². The molecule has 0 N–H and O–H groups in total. The minimum Gasteiger partial charge on any atom is -0.185 e. The van der Waals surface area contributed by atoms with Crippen molar-refractivity contribution in [1.29, 1.82) is 5.26 Å². The average molecular weight is 155 g/mol. The monoisotopic (exact) mass is 155 g/mol. The van der Waals surface area contributed by atoms with E-state index in [2.05, 4.69) is 12.3 Å². The normalized spacial score (nSPS) is 23.6. The van der Waals surface area contributed by atoms with Crippen LogP contribution in [-0.4, -0.2) is 4.75 Å². The summed E-state index contributed by atoms with van der Waals surface area (Å²) in [5, 5.41) is 10.7. The summed E-state index contributed by atoms with van der Waals surface area (Å²) in [7, 11) is 0. The van der Waals surface area contributed by atoms with Gasteiger partial charge < -0.3 is 0 Å². The third-order valence-corrected chi connectivity index (χ3v) is 3.20. The summed E-state index contributed by atoms with van der Waals surface area (Å²) in [4.78, 5) is 0. The maximum absolute atomic E-state index is 8.50. The van der Waals surface area contributed by atoms with E-state index in [4.69, 9.17) is 5.26 Å². The molecule has 0 amide bonds. The van der Waals surface area contributed by atoms with Crippen molar-refractivity contribution in [2.75, 3.05) is 0 Å². The fraction of sp³-hybridized carbons (Fsp3) is 0.875. The highest BCUT2D eigenvalue weighted by atomic mass is 32.2. The van der Waals surface area contributed by atoms with Crippen LogP contribution in [0.5, 0.6) is 0 Å². The molecule has 0 atom stereocenters. The molecule has 0 unspecified atom stereocenters. The molecule has 0 aliphatic heterocycles. The van der Waals surface area contributed by atoms with Crippen molar-refractivity contribution < 1.29 is 0 Å². The lowest BCUT2D eigenvalue weighted by Gasteiger charge is -2.29. The zero-order valence-corrected chi connectivity index (χ0v) is 7.21.